The van der Waals surface area contributed by atoms with E-state index in [2.05, 4.69) is 34.6 Å². The highest BCUT2D eigenvalue weighted by Crippen LogP contribution is 2.37. The van der Waals surface area contributed by atoms with Gasteiger partial charge in [-0.2, -0.15) is 0 Å². The van der Waals surface area contributed by atoms with E-state index in [0.29, 0.717) is 6.54 Å². The van der Waals surface area contributed by atoms with Gasteiger partial charge in [-0.3, -0.25) is 14.7 Å². The Kier molecular flexibility index (Phi) is 6.18. The normalized spacial score (nSPS) is 18.5. The molecule has 3 aromatic rings. The maximum Gasteiger partial charge on any atom is 0.264 e. The van der Waals surface area contributed by atoms with Gasteiger partial charge in [0, 0.05) is 61.3 Å². The summed E-state index contributed by atoms with van der Waals surface area (Å²) in [6.45, 7) is 6.10. The molecule has 0 unspecified atom stereocenters. The Balaban J connectivity index is 1.17. The first kappa shape index (κ1) is 21.9. The summed E-state index contributed by atoms with van der Waals surface area (Å²) >= 11 is 3.34. The monoisotopic (exact) mass is 489 g/mol. The molecular formula is C27H27N3O2S2. The molecular weight excluding hydrogens is 462 g/mol. The van der Waals surface area contributed by atoms with E-state index >= 15 is 0 Å². The molecule has 5 nitrogen and oxygen atoms in total. The summed E-state index contributed by atoms with van der Waals surface area (Å²) in [4.78, 5) is 24.1. The lowest BCUT2D eigenvalue weighted by molar-refractivity contribution is 0.0346. The molecule has 0 atom stereocenters. The smallest absolute Gasteiger partial charge is 0.264 e. The van der Waals surface area contributed by atoms with Crippen LogP contribution in [0.15, 0.2) is 58.9 Å². The number of nitrogens with zero attached hydrogens (tertiary/aromatic N) is 3. The molecule has 174 valence electrons. The average Bonchev–Trinajstić information content (AvgIpc) is 3.65. The lowest BCUT2D eigenvalue weighted by Gasteiger charge is -2.27. The minimum atomic E-state index is 0.139. The molecule has 3 aliphatic rings. The molecule has 0 N–H and O–H groups in total. The maximum absolute atomic E-state index is 12.7. The Hall–Kier alpha value is -2.58. The fraction of sp³-hybridized carbons (Fsp3) is 0.333. The van der Waals surface area contributed by atoms with Gasteiger partial charge in [-0.25, -0.2) is 0 Å². The standard InChI is InChI=1S/C27H27N3O2S2/c31-27(26-2-1-13-33-26)30-7-5-19(6-8-30)23-3-4-25-24(23)15-20(16-28-25)21-14-22(34-18-21)17-29-9-11-32-12-10-29/h1-3,5,13-16,18H,4,6-12,17H2. The Morgan fingerprint density at radius 1 is 1.09 bits per heavy atom. The lowest BCUT2D eigenvalue weighted by Crippen LogP contribution is -2.35. The lowest BCUT2D eigenvalue weighted by atomic mass is 9.94. The highest BCUT2D eigenvalue weighted by atomic mass is 32.1. The predicted octanol–water partition coefficient (Wildman–Crippen LogP) is 5.12. The molecule has 1 fully saturated rings. The second-order valence-corrected chi connectivity index (χ2v) is 10.9. The van der Waals surface area contributed by atoms with E-state index in [9.17, 15) is 4.79 Å². The summed E-state index contributed by atoms with van der Waals surface area (Å²) in [6.07, 6.45) is 8.32. The summed E-state index contributed by atoms with van der Waals surface area (Å²) < 4.78 is 5.47. The van der Waals surface area contributed by atoms with Crippen LogP contribution in [-0.4, -0.2) is 60.1 Å². The SMILES string of the molecule is O=C(c1cccs1)N1CC=C(C2=CCc3ncc(-c4csc(CN5CCOCC5)c4)cc32)CC1. The fourth-order valence-electron chi connectivity index (χ4n) is 4.91. The molecule has 0 spiro atoms. The number of carbonyl (C=O) groups is 1. The number of rotatable bonds is 5. The summed E-state index contributed by atoms with van der Waals surface area (Å²) in [5.74, 6) is 0.139. The predicted molar refractivity (Wildman–Crippen MR) is 138 cm³/mol. The van der Waals surface area contributed by atoms with E-state index in [1.807, 2.05) is 39.9 Å². The van der Waals surface area contributed by atoms with Crippen LogP contribution in [0.3, 0.4) is 0 Å². The van der Waals surface area contributed by atoms with E-state index in [-0.39, 0.29) is 5.91 Å². The Labute approximate surface area is 208 Å². The Bertz CT molecular complexity index is 1250. The molecule has 1 aliphatic carbocycles. The number of thiophene rings is 2. The zero-order valence-corrected chi connectivity index (χ0v) is 20.7. The molecule has 2 aliphatic heterocycles. The highest BCUT2D eigenvalue weighted by molar-refractivity contribution is 7.12. The molecule has 0 saturated carbocycles. The molecule has 1 amide bonds. The van der Waals surface area contributed by atoms with Crippen molar-refractivity contribution in [2.24, 2.45) is 0 Å². The van der Waals surface area contributed by atoms with Crippen molar-refractivity contribution in [2.75, 3.05) is 39.4 Å². The van der Waals surface area contributed by atoms with Gasteiger partial charge in [0.25, 0.3) is 5.91 Å². The van der Waals surface area contributed by atoms with Gasteiger partial charge >= 0.3 is 0 Å². The van der Waals surface area contributed by atoms with E-state index in [4.69, 9.17) is 9.72 Å². The first-order valence-corrected chi connectivity index (χ1v) is 13.6. The summed E-state index contributed by atoms with van der Waals surface area (Å²) in [6, 6.07) is 8.47. The summed E-state index contributed by atoms with van der Waals surface area (Å²) in [5, 5.41) is 4.22. The second-order valence-electron chi connectivity index (χ2n) is 8.94. The van der Waals surface area contributed by atoms with Crippen molar-refractivity contribution in [2.45, 2.75) is 19.4 Å². The molecule has 7 heteroatoms. The first-order valence-electron chi connectivity index (χ1n) is 11.8. The molecule has 0 bridgehead atoms. The second kappa shape index (κ2) is 9.58. The number of hydrogen-bond acceptors (Lipinski definition) is 6. The molecule has 34 heavy (non-hydrogen) atoms. The van der Waals surface area contributed by atoms with Crippen LogP contribution in [-0.2, 0) is 17.7 Å². The topological polar surface area (TPSA) is 45.7 Å². The molecule has 0 radical (unpaired) electrons. The summed E-state index contributed by atoms with van der Waals surface area (Å²) in [7, 11) is 0. The third-order valence-corrected chi connectivity index (χ3v) is 8.58. The number of allylic oxidation sites excluding steroid dienone is 2. The molecule has 0 aromatic carbocycles. The van der Waals surface area contributed by atoms with Crippen molar-refractivity contribution in [3.05, 3.63) is 80.0 Å². The van der Waals surface area contributed by atoms with E-state index in [1.165, 1.54) is 44.1 Å². The van der Waals surface area contributed by atoms with Gasteiger partial charge < -0.3 is 9.64 Å². The van der Waals surface area contributed by atoms with E-state index in [0.717, 1.165) is 62.8 Å². The average molecular weight is 490 g/mol. The van der Waals surface area contributed by atoms with Gasteiger partial charge in [0.15, 0.2) is 0 Å². The number of carbonyl (C=O) groups excluding carboxylic acids is 1. The summed E-state index contributed by atoms with van der Waals surface area (Å²) in [5.41, 5.74) is 7.48. The third kappa shape index (κ3) is 4.41. The molecule has 3 aromatic heterocycles. The van der Waals surface area contributed by atoms with Crippen molar-refractivity contribution < 1.29 is 9.53 Å². The zero-order valence-electron chi connectivity index (χ0n) is 19.0. The molecule has 1 saturated heterocycles. The number of ether oxygens (including phenoxy) is 1. The number of hydrogen-bond donors (Lipinski definition) is 0. The molecule has 6 rings (SSSR count). The number of morpholine rings is 1. The minimum Gasteiger partial charge on any atom is -0.379 e. The van der Waals surface area contributed by atoms with Crippen molar-refractivity contribution in [3.8, 4) is 11.1 Å². The number of amides is 1. The van der Waals surface area contributed by atoms with Crippen LogP contribution in [0, 0.1) is 0 Å². The van der Waals surface area contributed by atoms with Gasteiger partial charge in [0.2, 0.25) is 0 Å². The van der Waals surface area contributed by atoms with Crippen molar-refractivity contribution in [3.63, 3.8) is 0 Å². The van der Waals surface area contributed by atoms with E-state index < -0.39 is 0 Å². The van der Waals surface area contributed by atoms with Crippen LogP contribution in [0.1, 0.15) is 32.2 Å². The number of pyridine rings is 1. The quantitative estimate of drug-likeness (QED) is 0.499. The van der Waals surface area contributed by atoms with Crippen LogP contribution in [0.4, 0.5) is 0 Å². The first-order chi connectivity index (χ1) is 16.7. The Morgan fingerprint density at radius 2 is 2.00 bits per heavy atom. The maximum atomic E-state index is 12.7. The van der Waals surface area contributed by atoms with Crippen LogP contribution in [0.5, 0.6) is 0 Å². The minimum absolute atomic E-state index is 0.139. The number of fused-ring (bicyclic) bond motifs is 1. The van der Waals surface area contributed by atoms with E-state index in [1.54, 1.807) is 0 Å². The third-order valence-electron chi connectivity index (χ3n) is 6.80. The van der Waals surface area contributed by atoms with Gasteiger partial charge in [0.1, 0.15) is 0 Å². The van der Waals surface area contributed by atoms with Gasteiger partial charge in [-0.15, -0.1) is 22.7 Å². The van der Waals surface area contributed by atoms with Gasteiger partial charge in [-0.05, 0) is 52.1 Å². The highest BCUT2D eigenvalue weighted by Gasteiger charge is 2.25. The van der Waals surface area contributed by atoms with Crippen molar-refractivity contribution in [1.82, 2.24) is 14.8 Å². The van der Waals surface area contributed by atoms with Crippen molar-refractivity contribution in [1.29, 1.82) is 0 Å². The number of aromatic nitrogens is 1. The van der Waals surface area contributed by atoms with Gasteiger partial charge in [-0.1, -0.05) is 18.2 Å². The van der Waals surface area contributed by atoms with Crippen LogP contribution < -0.4 is 0 Å². The van der Waals surface area contributed by atoms with Crippen LogP contribution in [0.25, 0.3) is 16.7 Å². The Morgan fingerprint density at radius 3 is 2.79 bits per heavy atom. The molecule has 5 heterocycles. The van der Waals surface area contributed by atoms with Gasteiger partial charge in [0.05, 0.1) is 23.8 Å². The largest absolute Gasteiger partial charge is 0.379 e. The fourth-order valence-corrected chi connectivity index (χ4v) is 6.53. The van der Waals surface area contributed by atoms with Crippen LogP contribution in [0.2, 0.25) is 0 Å². The van der Waals surface area contributed by atoms with Crippen molar-refractivity contribution >= 4 is 34.2 Å². The van der Waals surface area contributed by atoms with Crippen LogP contribution >= 0.6 is 22.7 Å². The zero-order chi connectivity index (χ0) is 22.9.